The minimum absolute atomic E-state index is 0.175. The van der Waals surface area contributed by atoms with Crippen LogP contribution >= 0.6 is 0 Å². The number of hydrogen-bond donors (Lipinski definition) is 1. The Hall–Kier alpha value is -1.63. The van der Waals surface area contributed by atoms with Gasteiger partial charge in [0.2, 0.25) is 5.82 Å². The van der Waals surface area contributed by atoms with Crippen molar-refractivity contribution in [3.63, 3.8) is 0 Å². The van der Waals surface area contributed by atoms with Gasteiger partial charge in [0, 0.05) is 32.2 Å². The molecular formula is C12H19N5O2. The molecule has 2 aliphatic rings. The minimum atomic E-state index is -0.292. The fourth-order valence-corrected chi connectivity index (χ4v) is 3.39. The van der Waals surface area contributed by atoms with Gasteiger partial charge in [-0.1, -0.05) is 0 Å². The van der Waals surface area contributed by atoms with Crippen molar-refractivity contribution in [1.29, 1.82) is 0 Å². The van der Waals surface area contributed by atoms with Crippen LogP contribution in [0.15, 0.2) is 0 Å². The third-order valence-corrected chi connectivity index (χ3v) is 4.27. The van der Waals surface area contributed by atoms with Crippen molar-refractivity contribution in [2.45, 2.75) is 32.9 Å². The van der Waals surface area contributed by atoms with Gasteiger partial charge in [0.25, 0.3) is 0 Å². The number of anilines is 1. The van der Waals surface area contributed by atoms with Gasteiger partial charge < -0.3 is 10.2 Å². The lowest BCUT2D eigenvalue weighted by Crippen LogP contribution is -2.36. The quantitative estimate of drug-likeness (QED) is 0.649. The number of nitro groups is 1. The van der Waals surface area contributed by atoms with Gasteiger partial charge in [-0.2, -0.15) is 5.10 Å². The molecule has 0 spiro atoms. The zero-order valence-corrected chi connectivity index (χ0v) is 11.3. The number of nitrogens with one attached hydrogen (secondary N) is 1. The van der Waals surface area contributed by atoms with E-state index in [1.165, 1.54) is 0 Å². The fraction of sp³-hybridized carbons (Fsp3) is 0.750. The van der Waals surface area contributed by atoms with E-state index in [2.05, 4.69) is 15.3 Å². The number of aryl methyl sites for hydroxylation is 2. The third-order valence-electron chi connectivity index (χ3n) is 4.27. The van der Waals surface area contributed by atoms with Crippen LogP contribution in [-0.4, -0.2) is 40.4 Å². The molecule has 7 nitrogen and oxygen atoms in total. The monoisotopic (exact) mass is 265 g/mol. The summed E-state index contributed by atoms with van der Waals surface area (Å²) < 4.78 is 1.77. The maximum atomic E-state index is 11.3. The van der Waals surface area contributed by atoms with Crippen molar-refractivity contribution in [1.82, 2.24) is 15.1 Å². The van der Waals surface area contributed by atoms with Crippen LogP contribution in [0, 0.1) is 23.0 Å². The summed E-state index contributed by atoms with van der Waals surface area (Å²) in [6, 6.07) is 0.375. The van der Waals surface area contributed by atoms with Crippen LogP contribution in [0.5, 0.6) is 0 Å². The second kappa shape index (κ2) is 4.48. The highest BCUT2D eigenvalue weighted by Gasteiger charge is 2.42. The molecule has 1 N–H and O–H groups in total. The normalized spacial score (nSPS) is 25.9. The fourth-order valence-electron chi connectivity index (χ4n) is 3.39. The van der Waals surface area contributed by atoms with Gasteiger partial charge in [-0.15, -0.1) is 0 Å². The van der Waals surface area contributed by atoms with E-state index >= 15 is 0 Å². The Balaban J connectivity index is 2.06. The lowest BCUT2D eigenvalue weighted by Gasteiger charge is -2.25. The summed E-state index contributed by atoms with van der Waals surface area (Å²) in [4.78, 5) is 13.2. The Morgan fingerprint density at radius 3 is 3.00 bits per heavy atom. The first-order valence-corrected chi connectivity index (χ1v) is 6.82. The van der Waals surface area contributed by atoms with Crippen molar-refractivity contribution < 1.29 is 4.92 Å². The molecule has 0 amide bonds. The number of fused-ring (bicyclic) bond motifs is 1. The van der Waals surface area contributed by atoms with E-state index in [9.17, 15) is 10.1 Å². The van der Waals surface area contributed by atoms with E-state index in [1.54, 1.807) is 11.6 Å². The molecule has 2 fully saturated rings. The first kappa shape index (κ1) is 12.4. The van der Waals surface area contributed by atoms with E-state index in [-0.39, 0.29) is 10.6 Å². The van der Waals surface area contributed by atoms with Crippen molar-refractivity contribution in [2.24, 2.45) is 5.92 Å². The summed E-state index contributed by atoms with van der Waals surface area (Å²) in [6.45, 7) is 7.17. The van der Waals surface area contributed by atoms with Gasteiger partial charge in [-0.3, -0.25) is 10.1 Å². The third kappa shape index (κ3) is 1.80. The molecule has 104 valence electrons. The smallest absolute Gasteiger partial charge is 0.333 e. The molecule has 0 aliphatic carbocycles. The molecule has 2 aliphatic heterocycles. The van der Waals surface area contributed by atoms with Gasteiger partial charge in [-0.25, -0.2) is 4.68 Å². The molecule has 19 heavy (non-hydrogen) atoms. The number of nitrogens with zero attached hydrogens (tertiary/aromatic N) is 4. The summed E-state index contributed by atoms with van der Waals surface area (Å²) in [5.74, 6) is 1.31. The lowest BCUT2D eigenvalue weighted by molar-refractivity contribution is -0.384. The van der Waals surface area contributed by atoms with E-state index in [0.717, 1.165) is 26.1 Å². The summed E-state index contributed by atoms with van der Waals surface area (Å²) in [7, 11) is 0. The van der Waals surface area contributed by atoms with E-state index in [4.69, 9.17) is 0 Å². The largest absolute Gasteiger partial charge is 0.346 e. The number of aromatic nitrogens is 2. The maximum Gasteiger partial charge on any atom is 0.333 e. The second-order valence-electron chi connectivity index (χ2n) is 5.30. The molecule has 3 heterocycles. The van der Waals surface area contributed by atoms with Crippen LogP contribution in [0.3, 0.4) is 0 Å². The zero-order chi connectivity index (χ0) is 13.6. The standard InChI is InChI=1S/C12H19N5O2/c1-3-16-12(11(17(18)19)8(2)14-16)15-5-4-9-6-13-7-10(9)15/h9-10,13H,3-7H2,1-2H3/t9-,10+/m0/s1. The van der Waals surface area contributed by atoms with Crippen LogP contribution in [0.25, 0.3) is 0 Å². The van der Waals surface area contributed by atoms with Gasteiger partial charge in [0.1, 0.15) is 5.69 Å². The molecule has 1 aromatic heterocycles. The average Bonchev–Trinajstić information content (AvgIpc) is 3.00. The molecule has 0 aromatic carbocycles. The molecule has 0 radical (unpaired) electrons. The van der Waals surface area contributed by atoms with Crippen molar-refractivity contribution in [3.05, 3.63) is 15.8 Å². The summed E-state index contributed by atoms with van der Waals surface area (Å²) in [5.41, 5.74) is 0.686. The minimum Gasteiger partial charge on any atom is -0.346 e. The highest BCUT2D eigenvalue weighted by atomic mass is 16.6. The van der Waals surface area contributed by atoms with Crippen molar-refractivity contribution >= 4 is 11.5 Å². The van der Waals surface area contributed by atoms with E-state index in [1.807, 2.05) is 6.92 Å². The van der Waals surface area contributed by atoms with Crippen LogP contribution in [-0.2, 0) is 6.54 Å². The van der Waals surface area contributed by atoms with Gasteiger partial charge in [0.15, 0.2) is 0 Å². The Morgan fingerprint density at radius 1 is 1.53 bits per heavy atom. The second-order valence-corrected chi connectivity index (χ2v) is 5.30. The zero-order valence-electron chi connectivity index (χ0n) is 11.3. The van der Waals surface area contributed by atoms with Gasteiger partial charge >= 0.3 is 5.69 Å². The average molecular weight is 265 g/mol. The molecule has 0 unspecified atom stereocenters. The number of hydrogen-bond acceptors (Lipinski definition) is 5. The van der Waals surface area contributed by atoms with Crippen molar-refractivity contribution in [3.8, 4) is 0 Å². The molecule has 0 saturated carbocycles. The van der Waals surface area contributed by atoms with Crippen LogP contribution < -0.4 is 10.2 Å². The lowest BCUT2D eigenvalue weighted by atomic mass is 10.1. The SMILES string of the molecule is CCn1nc(C)c([N+](=O)[O-])c1N1CC[C@H]2CNC[C@H]21. The molecule has 1 aromatic rings. The molecular weight excluding hydrogens is 246 g/mol. The summed E-state index contributed by atoms with van der Waals surface area (Å²) in [5, 5.41) is 19.0. The molecule has 2 atom stereocenters. The predicted molar refractivity (Wildman–Crippen MR) is 71.4 cm³/mol. The van der Waals surface area contributed by atoms with Gasteiger partial charge in [-0.05, 0) is 26.2 Å². The Labute approximate surface area is 111 Å². The highest BCUT2D eigenvalue weighted by Crippen LogP contribution is 2.38. The van der Waals surface area contributed by atoms with Crippen molar-refractivity contribution in [2.75, 3.05) is 24.5 Å². The van der Waals surface area contributed by atoms with Gasteiger partial charge in [0.05, 0.1) is 4.92 Å². The first-order chi connectivity index (χ1) is 9.13. The van der Waals surface area contributed by atoms with E-state index in [0.29, 0.717) is 30.0 Å². The maximum absolute atomic E-state index is 11.3. The van der Waals surface area contributed by atoms with Crippen LogP contribution in [0.1, 0.15) is 19.0 Å². The Kier molecular flexibility index (Phi) is 2.93. The molecule has 0 bridgehead atoms. The predicted octanol–water partition coefficient (Wildman–Crippen LogP) is 0.918. The topological polar surface area (TPSA) is 76.2 Å². The highest BCUT2D eigenvalue weighted by molar-refractivity contribution is 5.62. The molecule has 3 rings (SSSR count). The molecule has 7 heteroatoms. The van der Waals surface area contributed by atoms with E-state index < -0.39 is 0 Å². The first-order valence-electron chi connectivity index (χ1n) is 6.82. The van der Waals surface area contributed by atoms with Crippen LogP contribution in [0.4, 0.5) is 11.5 Å². The Morgan fingerprint density at radius 2 is 2.32 bits per heavy atom. The summed E-state index contributed by atoms with van der Waals surface area (Å²) in [6.07, 6.45) is 1.10. The van der Waals surface area contributed by atoms with Crippen LogP contribution in [0.2, 0.25) is 0 Å². The Bertz CT molecular complexity index is 512. The summed E-state index contributed by atoms with van der Waals surface area (Å²) >= 11 is 0. The molecule has 2 saturated heterocycles. The number of rotatable bonds is 3.